The van der Waals surface area contributed by atoms with Crippen molar-refractivity contribution in [2.24, 2.45) is 10.8 Å². The van der Waals surface area contributed by atoms with Gasteiger partial charge in [-0.2, -0.15) is 0 Å². The fourth-order valence-electron chi connectivity index (χ4n) is 4.41. The Morgan fingerprint density at radius 2 is 2.15 bits per heavy atom. The van der Waals surface area contributed by atoms with E-state index in [1.165, 1.54) is 26.4 Å². The van der Waals surface area contributed by atoms with Gasteiger partial charge in [-0.3, -0.25) is 9.69 Å². The van der Waals surface area contributed by atoms with Crippen LogP contribution in [0, 0.1) is 10.8 Å². The molecule has 0 aromatic carbocycles. The van der Waals surface area contributed by atoms with E-state index in [4.69, 9.17) is 4.74 Å². The van der Waals surface area contributed by atoms with Crippen LogP contribution in [0.15, 0.2) is 12.4 Å². The van der Waals surface area contributed by atoms with Gasteiger partial charge in [-0.05, 0) is 65.0 Å². The molecule has 1 aromatic heterocycles. The lowest BCUT2D eigenvalue weighted by molar-refractivity contribution is -0.151. The second kappa shape index (κ2) is 8.93. The number of imidazole rings is 1. The molecule has 0 amide bonds. The normalized spacial score (nSPS) is 21.1. The van der Waals surface area contributed by atoms with E-state index in [-0.39, 0.29) is 18.4 Å². The average Bonchev–Trinajstić information content (AvgIpc) is 3.13. The van der Waals surface area contributed by atoms with E-state index in [1.807, 2.05) is 20.0 Å². The van der Waals surface area contributed by atoms with E-state index < -0.39 is 5.41 Å². The number of nitrogens with zero attached hydrogens (tertiary/aromatic N) is 3. The number of methoxy groups -OCH3 is 1. The molecule has 154 valence electrons. The third-order valence-electron chi connectivity index (χ3n) is 6.44. The average molecular weight is 399 g/mol. The highest BCUT2D eigenvalue weighted by molar-refractivity contribution is 5.85. The fourth-order valence-corrected chi connectivity index (χ4v) is 4.41. The van der Waals surface area contributed by atoms with Crippen molar-refractivity contribution < 1.29 is 9.53 Å². The fraction of sp³-hybridized carbons (Fsp3) is 0.800. The predicted molar refractivity (Wildman–Crippen MR) is 109 cm³/mol. The Bertz CT molecular complexity index is 625. The van der Waals surface area contributed by atoms with Crippen molar-refractivity contribution in [3.63, 3.8) is 0 Å². The molecule has 0 radical (unpaired) electrons. The summed E-state index contributed by atoms with van der Waals surface area (Å²) in [5, 5.41) is 3.49. The van der Waals surface area contributed by atoms with E-state index in [1.54, 1.807) is 0 Å². The zero-order valence-corrected chi connectivity index (χ0v) is 18.0. The first-order valence-electron chi connectivity index (χ1n) is 9.95. The molecular formula is C20H35ClN4O2. The van der Waals surface area contributed by atoms with Crippen molar-refractivity contribution in [2.75, 3.05) is 26.7 Å². The summed E-state index contributed by atoms with van der Waals surface area (Å²) in [7, 11) is 1.48. The number of carbonyl (C=O) groups excluding carboxylic acids is 1. The number of aromatic nitrogens is 2. The van der Waals surface area contributed by atoms with Gasteiger partial charge in [0.15, 0.2) is 0 Å². The summed E-state index contributed by atoms with van der Waals surface area (Å²) < 4.78 is 7.21. The molecule has 7 heteroatoms. The third kappa shape index (κ3) is 4.84. The van der Waals surface area contributed by atoms with Crippen molar-refractivity contribution >= 4 is 18.4 Å². The molecule has 0 bridgehead atoms. The van der Waals surface area contributed by atoms with Gasteiger partial charge in [0.1, 0.15) is 5.82 Å². The summed E-state index contributed by atoms with van der Waals surface area (Å²) in [5.74, 6) is 0.999. The molecule has 6 nitrogen and oxygen atoms in total. The molecule has 1 N–H and O–H groups in total. The van der Waals surface area contributed by atoms with Gasteiger partial charge in [0.05, 0.1) is 19.1 Å². The Labute approximate surface area is 169 Å². The number of piperidine rings is 1. The quantitative estimate of drug-likeness (QED) is 0.682. The van der Waals surface area contributed by atoms with Gasteiger partial charge in [-0.15, -0.1) is 12.4 Å². The molecule has 1 atom stereocenters. The van der Waals surface area contributed by atoms with Gasteiger partial charge in [0.2, 0.25) is 0 Å². The number of hydrogen-bond acceptors (Lipinski definition) is 5. The number of halogens is 1. The van der Waals surface area contributed by atoms with Gasteiger partial charge < -0.3 is 14.6 Å². The Morgan fingerprint density at radius 3 is 2.78 bits per heavy atom. The lowest BCUT2D eigenvalue weighted by Crippen LogP contribution is -2.39. The van der Waals surface area contributed by atoms with Crippen LogP contribution in [-0.2, 0) is 22.6 Å². The standard InChI is InChI=1S/C20H34N4O2.ClH/c1-5-23-13-11-22-17(23)15-24(12-8-19(2,3)18(25)26-4)16-14-20(16)6-9-21-10-7-20;/h11,13,16,21H,5-10,12,14-15H2,1-4H3;1H. The summed E-state index contributed by atoms with van der Waals surface area (Å²) in [6.45, 7) is 11.1. The number of rotatable bonds is 8. The van der Waals surface area contributed by atoms with Crippen LogP contribution in [0.2, 0.25) is 0 Å². The molecule has 1 unspecified atom stereocenters. The van der Waals surface area contributed by atoms with Crippen LogP contribution >= 0.6 is 12.4 Å². The number of ether oxygens (including phenoxy) is 1. The maximum absolute atomic E-state index is 12.1. The molecule has 2 aliphatic rings. The van der Waals surface area contributed by atoms with Gasteiger partial charge in [-0.1, -0.05) is 0 Å². The highest BCUT2D eigenvalue weighted by Crippen LogP contribution is 2.56. The van der Waals surface area contributed by atoms with Crippen LogP contribution in [-0.4, -0.2) is 53.2 Å². The zero-order chi connectivity index (χ0) is 18.8. The molecule has 2 heterocycles. The molecule has 2 fully saturated rings. The van der Waals surface area contributed by atoms with E-state index >= 15 is 0 Å². The van der Waals surface area contributed by atoms with Gasteiger partial charge in [0.25, 0.3) is 0 Å². The molecule has 1 aromatic rings. The number of esters is 1. The summed E-state index contributed by atoms with van der Waals surface area (Å²) in [5.41, 5.74) is 0.0215. The first kappa shape index (κ1) is 22.2. The lowest BCUT2D eigenvalue weighted by Gasteiger charge is -2.31. The Balaban J connectivity index is 0.00000261. The van der Waals surface area contributed by atoms with E-state index in [0.29, 0.717) is 11.5 Å². The van der Waals surface area contributed by atoms with Crippen LogP contribution in [0.25, 0.3) is 0 Å². The Morgan fingerprint density at radius 1 is 1.44 bits per heavy atom. The van der Waals surface area contributed by atoms with Crippen LogP contribution in [0.1, 0.15) is 52.3 Å². The second-order valence-corrected chi connectivity index (χ2v) is 8.56. The molecule has 1 aliphatic heterocycles. The summed E-state index contributed by atoms with van der Waals surface area (Å²) in [6, 6.07) is 0.611. The van der Waals surface area contributed by atoms with Crippen LogP contribution in [0.5, 0.6) is 0 Å². The van der Waals surface area contributed by atoms with Crippen molar-refractivity contribution in [1.29, 1.82) is 0 Å². The van der Waals surface area contributed by atoms with Crippen molar-refractivity contribution in [2.45, 2.75) is 65.6 Å². The topological polar surface area (TPSA) is 59.4 Å². The summed E-state index contributed by atoms with van der Waals surface area (Å²) in [4.78, 5) is 19.2. The molecule has 1 spiro atoms. The minimum Gasteiger partial charge on any atom is -0.469 e. The Kier molecular flexibility index (Phi) is 7.33. The van der Waals surface area contributed by atoms with Crippen molar-refractivity contribution in [1.82, 2.24) is 19.8 Å². The predicted octanol–water partition coefficient (Wildman–Crippen LogP) is 2.86. The largest absolute Gasteiger partial charge is 0.469 e. The van der Waals surface area contributed by atoms with Crippen molar-refractivity contribution in [3.05, 3.63) is 18.2 Å². The molecule has 3 rings (SSSR count). The number of hydrogen-bond donors (Lipinski definition) is 1. The number of nitrogens with one attached hydrogen (secondary N) is 1. The Hall–Kier alpha value is -1.11. The summed E-state index contributed by atoms with van der Waals surface area (Å²) in [6.07, 6.45) is 8.55. The summed E-state index contributed by atoms with van der Waals surface area (Å²) >= 11 is 0. The maximum Gasteiger partial charge on any atom is 0.311 e. The first-order chi connectivity index (χ1) is 12.4. The minimum absolute atomic E-state index is 0. The molecule has 1 aliphatic carbocycles. The highest BCUT2D eigenvalue weighted by atomic mass is 35.5. The molecular weight excluding hydrogens is 364 g/mol. The number of carbonyl (C=O) groups is 1. The maximum atomic E-state index is 12.1. The SMILES string of the molecule is CCn1ccnc1CN(CCC(C)(C)C(=O)OC)C1CC12CCNCC2.Cl. The van der Waals surface area contributed by atoms with Gasteiger partial charge >= 0.3 is 5.97 Å². The van der Waals surface area contributed by atoms with Crippen molar-refractivity contribution in [3.8, 4) is 0 Å². The first-order valence-corrected chi connectivity index (χ1v) is 9.95. The molecule has 27 heavy (non-hydrogen) atoms. The monoisotopic (exact) mass is 398 g/mol. The highest BCUT2D eigenvalue weighted by Gasteiger charge is 2.56. The van der Waals surface area contributed by atoms with Gasteiger partial charge in [-0.25, -0.2) is 4.98 Å². The van der Waals surface area contributed by atoms with E-state index in [0.717, 1.165) is 45.0 Å². The van der Waals surface area contributed by atoms with Crippen LogP contribution in [0.4, 0.5) is 0 Å². The van der Waals surface area contributed by atoms with E-state index in [2.05, 4.69) is 32.9 Å². The third-order valence-corrected chi connectivity index (χ3v) is 6.44. The van der Waals surface area contributed by atoms with Crippen LogP contribution in [0.3, 0.4) is 0 Å². The van der Waals surface area contributed by atoms with Crippen LogP contribution < -0.4 is 5.32 Å². The molecule has 1 saturated heterocycles. The lowest BCUT2D eigenvalue weighted by atomic mass is 9.89. The number of aryl methyl sites for hydroxylation is 1. The minimum atomic E-state index is -0.455. The van der Waals surface area contributed by atoms with Gasteiger partial charge in [0, 0.05) is 31.5 Å². The smallest absolute Gasteiger partial charge is 0.311 e. The molecule has 1 saturated carbocycles. The zero-order valence-electron chi connectivity index (χ0n) is 17.2. The van der Waals surface area contributed by atoms with E-state index in [9.17, 15) is 4.79 Å². The second-order valence-electron chi connectivity index (χ2n) is 8.56.